The zero-order valence-electron chi connectivity index (χ0n) is 7.84. The second-order valence-electron chi connectivity index (χ2n) is 3.30. The molecule has 1 N–H and O–H groups in total. The number of aromatic nitrogens is 1. The lowest BCUT2D eigenvalue weighted by Crippen LogP contribution is -2.25. The second kappa shape index (κ2) is 3.85. The maximum absolute atomic E-state index is 5.13. The van der Waals surface area contributed by atoms with E-state index in [9.17, 15) is 0 Å². The van der Waals surface area contributed by atoms with Gasteiger partial charge in [-0.25, -0.2) is 0 Å². The molecule has 2 rings (SSSR count). The molecule has 0 saturated carbocycles. The van der Waals surface area contributed by atoms with Crippen LogP contribution >= 0.6 is 0 Å². The van der Waals surface area contributed by atoms with E-state index in [0.29, 0.717) is 6.61 Å². The first-order valence-electron chi connectivity index (χ1n) is 4.56. The van der Waals surface area contributed by atoms with E-state index in [2.05, 4.69) is 10.3 Å². The normalized spacial score (nSPS) is 15.5. The van der Waals surface area contributed by atoms with E-state index in [1.54, 1.807) is 7.11 Å². The van der Waals surface area contributed by atoms with Crippen LogP contribution in [0.3, 0.4) is 0 Å². The summed E-state index contributed by atoms with van der Waals surface area (Å²) in [5, 5.41) is 3.33. The maximum atomic E-state index is 5.13. The third kappa shape index (κ3) is 1.71. The molecule has 3 heteroatoms. The van der Waals surface area contributed by atoms with Crippen LogP contribution in [0.4, 0.5) is 0 Å². The third-order valence-corrected chi connectivity index (χ3v) is 2.40. The summed E-state index contributed by atoms with van der Waals surface area (Å²) in [5.74, 6) is 0. The molecule has 0 unspecified atom stereocenters. The average Bonchev–Trinajstić information content (AvgIpc) is 2.19. The molecule has 0 spiro atoms. The summed E-state index contributed by atoms with van der Waals surface area (Å²) in [6, 6.07) is 0. The third-order valence-electron chi connectivity index (χ3n) is 2.40. The zero-order chi connectivity index (χ0) is 9.10. The number of nitrogens with one attached hydrogen (secondary N) is 1. The van der Waals surface area contributed by atoms with Gasteiger partial charge in [0.25, 0.3) is 0 Å². The van der Waals surface area contributed by atoms with Crippen molar-refractivity contribution in [3.05, 3.63) is 29.1 Å². The van der Waals surface area contributed by atoms with Gasteiger partial charge in [-0.15, -0.1) is 0 Å². The van der Waals surface area contributed by atoms with Crippen molar-refractivity contribution in [1.29, 1.82) is 0 Å². The average molecular weight is 178 g/mol. The van der Waals surface area contributed by atoms with Gasteiger partial charge in [0.2, 0.25) is 0 Å². The SMILES string of the molecule is COCc1cncc2c1CCNC2. The highest BCUT2D eigenvalue weighted by Gasteiger charge is 2.12. The molecule has 1 aliphatic heterocycles. The highest BCUT2D eigenvalue weighted by Crippen LogP contribution is 2.17. The van der Waals surface area contributed by atoms with Crippen LogP contribution in [0.5, 0.6) is 0 Å². The molecule has 70 valence electrons. The fourth-order valence-electron chi connectivity index (χ4n) is 1.77. The number of methoxy groups -OCH3 is 1. The van der Waals surface area contributed by atoms with E-state index < -0.39 is 0 Å². The minimum atomic E-state index is 0.677. The predicted octanol–water partition coefficient (Wildman–Crippen LogP) is 0.874. The maximum Gasteiger partial charge on any atom is 0.0730 e. The van der Waals surface area contributed by atoms with Crippen LogP contribution in [0, 0.1) is 0 Å². The second-order valence-corrected chi connectivity index (χ2v) is 3.30. The van der Waals surface area contributed by atoms with Crippen molar-refractivity contribution in [3.8, 4) is 0 Å². The number of ether oxygens (including phenoxy) is 1. The van der Waals surface area contributed by atoms with Crippen molar-refractivity contribution in [3.63, 3.8) is 0 Å². The van der Waals surface area contributed by atoms with E-state index in [4.69, 9.17) is 4.74 Å². The highest BCUT2D eigenvalue weighted by molar-refractivity contribution is 5.33. The summed E-state index contributed by atoms with van der Waals surface area (Å²) >= 11 is 0. The molecule has 0 fully saturated rings. The molecule has 0 aliphatic carbocycles. The van der Waals surface area contributed by atoms with Crippen molar-refractivity contribution in [2.24, 2.45) is 0 Å². The molecule has 0 aromatic carbocycles. The van der Waals surface area contributed by atoms with Crippen molar-refractivity contribution in [1.82, 2.24) is 10.3 Å². The van der Waals surface area contributed by atoms with E-state index in [-0.39, 0.29) is 0 Å². The zero-order valence-corrected chi connectivity index (χ0v) is 7.84. The van der Waals surface area contributed by atoms with E-state index >= 15 is 0 Å². The number of fused-ring (bicyclic) bond motifs is 1. The summed E-state index contributed by atoms with van der Waals surface area (Å²) in [7, 11) is 1.72. The monoisotopic (exact) mass is 178 g/mol. The Morgan fingerprint density at radius 3 is 3.31 bits per heavy atom. The van der Waals surface area contributed by atoms with E-state index in [0.717, 1.165) is 19.5 Å². The largest absolute Gasteiger partial charge is 0.380 e. The fraction of sp³-hybridized carbons (Fsp3) is 0.500. The molecule has 0 saturated heterocycles. The first-order chi connectivity index (χ1) is 6.42. The van der Waals surface area contributed by atoms with Gasteiger partial charge in [0.05, 0.1) is 6.61 Å². The van der Waals surface area contributed by atoms with Crippen LogP contribution in [0.2, 0.25) is 0 Å². The van der Waals surface area contributed by atoms with Crippen LogP contribution in [-0.4, -0.2) is 18.6 Å². The van der Waals surface area contributed by atoms with Crippen LogP contribution in [0.25, 0.3) is 0 Å². The van der Waals surface area contributed by atoms with Crippen molar-refractivity contribution < 1.29 is 4.74 Å². The molecular weight excluding hydrogens is 164 g/mol. The molecule has 1 aromatic heterocycles. The molecule has 2 heterocycles. The van der Waals surface area contributed by atoms with Crippen LogP contribution in [0.15, 0.2) is 12.4 Å². The number of rotatable bonds is 2. The summed E-state index contributed by atoms with van der Waals surface area (Å²) in [5.41, 5.74) is 3.98. The Labute approximate surface area is 78.1 Å². The van der Waals surface area contributed by atoms with Crippen LogP contribution < -0.4 is 5.32 Å². The number of hydrogen-bond donors (Lipinski definition) is 1. The smallest absolute Gasteiger partial charge is 0.0730 e. The number of hydrogen-bond acceptors (Lipinski definition) is 3. The molecule has 3 nitrogen and oxygen atoms in total. The predicted molar refractivity (Wildman–Crippen MR) is 50.4 cm³/mol. The van der Waals surface area contributed by atoms with Gasteiger partial charge in [0.15, 0.2) is 0 Å². The lowest BCUT2D eigenvalue weighted by Gasteiger charge is -2.19. The first-order valence-corrected chi connectivity index (χ1v) is 4.56. The Morgan fingerprint density at radius 1 is 1.54 bits per heavy atom. The Balaban J connectivity index is 2.34. The number of nitrogens with zero attached hydrogens (tertiary/aromatic N) is 1. The van der Waals surface area contributed by atoms with Gasteiger partial charge in [0, 0.05) is 26.0 Å². The van der Waals surface area contributed by atoms with Crippen molar-refractivity contribution in [2.45, 2.75) is 19.6 Å². The van der Waals surface area contributed by atoms with Crippen LogP contribution in [-0.2, 0) is 24.3 Å². The topological polar surface area (TPSA) is 34.1 Å². The van der Waals surface area contributed by atoms with E-state index in [1.807, 2.05) is 12.4 Å². The molecule has 0 bridgehead atoms. The van der Waals surface area contributed by atoms with Gasteiger partial charge < -0.3 is 10.1 Å². The molecular formula is C10H14N2O. The minimum Gasteiger partial charge on any atom is -0.380 e. The fourth-order valence-corrected chi connectivity index (χ4v) is 1.77. The molecule has 0 atom stereocenters. The molecule has 1 aliphatic rings. The molecule has 13 heavy (non-hydrogen) atoms. The van der Waals surface area contributed by atoms with Gasteiger partial charge in [-0.2, -0.15) is 0 Å². The minimum absolute atomic E-state index is 0.677. The summed E-state index contributed by atoms with van der Waals surface area (Å²) in [6.07, 6.45) is 4.95. The Bertz CT molecular complexity index is 299. The Morgan fingerprint density at radius 2 is 2.46 bits per heavy atom. The van der Waals surface area contributed by atoms with Gasteiger partial charge in [-0.1, -0.05) is 0 Å². The van der Waals surface area contributed by atoms with Crippen molar-refractivity contribution in [2.75, 3.05) is 13.7 Å². The Hall–Kier alpha value is -0.930. The molecule has 1 aromatic rings. The molecule has 0 radical (unpaired) electrons. The van der Waals surface area contributed by atoms with Crippen molar-refractivity contribution >= 4 is 0 Å². The summed E-state index contributed by atoms with van der Waals surface area (Å²) in [4.78, 5) is 4.20. The summed E-state index contributed by atoms with van der Waals surface area (Å²) in [6.45, 7) is 2.68. The lowest BCUT2D eigenvalue weighted by atomic mass is 9.99. The van der Waals surface area contributed by atoms with Gasteiger partial charge in [-0.05, 0) is 29.7 Å². The van der Waals surface area contributed by atoms with Gasteiger partial charge in [-0.3, -0.25) is 4.98 Å². The Kier molecular flexibility index (Phi) is 2.57. The molecule has 0 amide bonds. The van der Waals surface area contributed by atoms with Crippen LogP contribution in [0.1, 0.15) is 16.7 Å². The van der Waals surface area contributed by atoms with E-state index in [1.165, 1.54) is 16.7 Å². The van der Waals surface area contributed by atoms with Gasteiger partial charge >= 0.3 is 0 Å². The van der Waals surface area contributed by atoms with Gasteiger partial charge in [0.1, 0.15) is 0 Å². The first kappa shape index (κ1) is 8.66. The quantitative estimate of drug-likeness (QED) is 0.729. The lowest BCUT2D eigenvalue weighted by molar-refractivity contribution is 0.183. The highest BCUT2D eigenvalue weighted by atomic mass is 16.5. The standard InChI is InChI=1S/C10H14N2O/c1-13-7-9-6-12-5-8-4-11-3-2-10(8)9/h5-6,11H,2-4,7H2,1H3. The number of pyridine rings is 1. The summed E-state index contributed by atoms with van der Waals surface area (Å²) < 4.78 is 5.13.